The Labute approximate surface area is 104 Å². The molecular formula is C16H22O. The van der Waals surface area contributed by atoms with Crippen LogP contribution in [0.15, 0.2) is 24.3 Å². The van der Waals surface area contributed by atoms with Crippen molar-refractivity contribution in [1.29, 1.82) is 0 Å². The summed E-state index contributed by atoms with van der Waals surface area (Å²) in [6.07, 6.45) is 4.80. The van der Waals surface area contributed by atoms with Gasteiger partial charge in [-0.2, -0.15) is 0 Å². The third-order valence-corrected chi connectivity index (χ3v) is 4.22. The van der Waals surface area contributed by atoms with E-state index in [2.05, 4.69) is 19.1 Å². The minimum Gasteiger partial charge on any atom is -0.294 e. The van der Waals surface area contributed by atoms with E-state index in [-0.39, 0.29) is 11.2 Å². The van der Waals surface area contributed by atoms with Gasteiger partial charge in [-0.1, -0.05) is 45.4 Å². The van der Waals surface area contributed by atoms with Crippen molar-refractivity contribution in [2.45, 2.75) is 52.4 Å². The van der Waals surface area contributed by atoms with Crippen LogP contribution in [0.25, 0.3) is 0 Å². The first-order valence-corrected chi connectivity index (χ1v) is 6.69. The fourth-order valence-corrected chi connectivity index (χ4v) is 2.23. The lowest BCUT2D eigenvalue weighted by Crippen LogP contribution is -2.23. The van der Waals surface area contributed by atoms with Gasteiger partial charge >= 0.3 is 0 Å². The SMILES string of the molecule is CCC(C)(C)C(=O)c1cccc(C2CCC2)c1. The van der Waals surface area contributed by atoms with Gasteiger partial charge in [0.1, 0.15) is 0 Å². The summed E-state index contributed by atoms with van der Waals surface area (Å²) in [6.45, 7) is 6.14. The van der Waals surface area contributed by atoms with Crippen molar-refractivity contribution >= 4 is 5.78 Å². The van der Waals surface area contributed by atoms with Crippen LogP contribution in [0.2, 0.25) is 0 Å². The van der Waals surface area contributed by atoms with E-state index in [1.165, 1.54) is 24.8 Å². The Morgan fingerprint density at radius 3 is 2.59 bits per heavy atom. The maximum Gasteiger partial charge on any atom is 0.168 e. The Kier molecular flexibility index (Phi) is 3.37. The maximum atomic E-state index is 12.4. The first-order chi connectivity index (χ1) is 8.04. The minimum absolute atomic E-state index is 0.238. The van der Waals surface area contributed by atoms with Crippen LogP contribution in [-0.2, 0) is 0 Å². The molecule has 1 aliphatic rings. The monoisotopic (exact) mass is 230 g/mol. The molecule has 0 aromatic heterocycles. The lowest BCUT2D eigenvalue weighted by Gasteiger charge is -2.27. The number of hydrogen-bond acceptors (Lipinski definition) is 1. The molecule has 0 bridgehead atoms. The Hall–Kier alpha value is -1.11. The van der Waals surface area contributed by atoms with E-state index in [1.54, 1.807) is 0 Å². The van der Waals surface area contributed by atoms with E-state index in [1.807, 2.05) is 26.0 Å². The van der Waals surface area contributed by atoms with E-state index in [4.69, 9.17) is 0 Å². The average Bonchev–Trinajstić information content (AvgIpc) is 2.26. The zero-order valence-corrected chi connectivity index (χ0v) is 11.1. The van der Waals surface area contributed by atoms with E-state index >= 15 is 0 Å². The van der Waals surface area contributed by atoms with Crippen molar-refractivity contribution in [3.8, 4) is 0 Å². The molecule has 17 heavy (non-hydrogen) atoms. The Morgan fingerprint density at radius 2 is 2.06 bits per heavy atom. The van der Waals surface area contributed by atoms with Crippen LogP contribution >= 0.6 is 0 Å². The highest BCUT2D eigenvalue weighted by atomic mass is 16.1. The standard InChI is InChI=1S/C16H22O/c1-4-16(2,3)15(17)14-10-6-9-13(11-14)12-7-5-8-12/h6,9-12H,4-5,7-8H2,1-3H3. The van der Waals surface area contributed by atoms with Crippen molar-refractivity contribution in [1.82, 2.24) is 0 Å². The highest BCUT2D eigenvalue weighted by Crippen LogP contribution is 2.37. The van der Waals surface area contributed by atoms with Gasteiger partial charge in [0.25, 0.3) is 0 Å². The lowest BCUT2D eigenvalue weighted by atomic mass is 9.77. The molecule has 0 unspecified atom stereocenters. The molecule has 0 aliphatic heterocycles. The van der Waals surface area contributed by atoms with Crippen molar-refractivity contribution in [3.05, 3.63) is 35.4 Å². The molecule has 2 rings (SSSR count). The summed E-state index contributed by atoms with van der Waals surface area (Å²) in [7, 11) is 0. The highest BCUT2D eigenvalue weighted by Gasteiger charge is 2.27. The second-order valence-corrected chi connectivity index (χ2v) is 5.82. The van der Waals surface area contributed by atoms with Gasteiger partial charge < -0.3 is 0 Å². The second kappa shape index (κ2) is 4.64. The molecule has 92 valence electrons. The van der Waals surface area contributed by atoms with Crippen molar-refractivity contribution in [3.63, 3.8) is 0 Å². The number of rotatable bonds is 4. The number of ketones is 1. The fourth-order valence-electron chi connectivity index (χ4n) is 2.23. The van der Waals surface area contributed by atoms with Crippen LogP contribution in [0.4, 0.5) is 0 Å². The predicted octanol–water partition coefficient (Wildman–Crippen LogP) is 4.57. The molecule has 1 fully saturated rings. The molecule has 1 heteroatoms. The van der Waals surface area contributed by atoms with E-state index in [0.29, 0.717) is 5.92 Å². The zero-order chi connectivity index (χ0) is 12.5. The molecule has 1 aliphatic carbocycles. The minimum atomic E-state index is -0.238. The van der Waals surface area contributed by atoms with Gasteiger partial charge in [0.2, 0.25) is 0 Å². The Bertz CT molecular complexity index is 413. The Balaban J connectivity index is 2.23. The molecule has 0 radical (unpaired) electrons. The molecule has 0 saturated heterocycles. The maximum absolute atomic E-state index is 12.4. The normalized spacial score (nSPS) is 16.6. The van der Waals surface area contributed by atoms with Gasteiger partial charge in [-0.25, -0.2) is 0 Å². The van der Waals surface area contributed by atoms with Gasteiger partial charge in [-0.05, 0) is 36.8 Å². The molecule has 1 nitrogen and oxygen atoms in total. The number of carbonyl (C=O) groups excluding carboxylic acids is 1. The Morgan fingerprint density at radius 1 is 1.35 bits per heavy atom. The van der Waals surface area contributed by atoms with Crippen molar-refractivity contribution in [2.75, 3.05) is 0 Å². The summed E-state index contributed by atoms with van der Waals surface area (Å²) < 4.78 is 0. The summed E-state index contributed by atoms with van der Waals surface area (Å²) in [6, 6.07) is 8.28. The molecule has 0 amide bonds. The van der Waals surface area contributed by atoms with Gasteiger partial charge in [0.05, 0.1) is 0 Å². The topological polar surface area (TPSA) is 17.1 Å². The number of Topliss-reactive ketones (excluding diaryl/α,β-unsaturated/α-hetero) is 1. The number of hydrogen-bond donors (Lipinski definition) is 0. The number of benzene rings is 1. The van der Waals surface area contributed by atoms with Gasteiger partial charge in [-0.3, -0.25) is 4.79 Å². The number of carbonyl (C=O) groups is 1. The van der Waals surface area contributed by atoms with E-state index in [9.17, 15) is 4.79 Å². The second-order valence-electron chi connectivity index (χ2n) is 5.82. The van der Waals surface area contributed by atoms with E-state index in [0.717, 1.165) is 12.0 Å². The van der Waals surface area contributed by atoms with Gasteiger partial charge in [0, 0.05) is 11.0 Å². The van der Waals surface area contributed by atoms with Crippen LogP contribution in [0.1, 0.15) is 68.3 Å². The average molecular weight is 230 g/mol. The molecule has 0 N–H and O–H groups in total. The smallest absolute Gasteiger partial charge is 0.168 e. The molecule has 1 aromatic rings. The molecule has 0 heterocycles. The molecule has 0 atom stereocenters. The highest BCUT2D eigenvalue weighted by molar-refractivity contribution is 6.00. The van der Waals surface area contributed by atoms with Crippen molar-refractivity contribution in [2.24, 2.45) is 5.41 Å². The summed E-state index contributed by atoms with van der Waals surface area (Å²) in [4.78, 5) is 12.4. The summed E-state index contributed by atoms with van der Waals surface area (Å²) >= 11 is 0. The first-order valence-electron chi connectivity index (χ1n) is 6.69. The van der Waals surface area contributed by atoms with Crippen LogP contribution < -0.4 is 0 Å². The fraction of sp³-hybridized carbons (Fsp3) is 0.562. The van der Waals surface area contributed by atoms with Gasteiger partial charge in [0.15, 0.2) is 5.78 Å². The largest absolute Gasteiger partial charge is 0.294 e. The van der Waals surface area contributed by atoms with Crippen LogP contribution in [0, 0.1) is 5.41 Å². The lowest BCUT2D eigenvalue weighted by molar-refractivity contribution is 0.0833. The van der Waals surface area contributed by atoms with Crippen molar-refractivity contribution < 1.29 is 4.79 Å². The molecule has 0 spiro atoms. The first kappa shape index (κ1) is 12.3. The van der Waals surface area contributed by atoms with Crippen LogP contribution in [0.3, 0.4) is 0 Å². The summed E-state index contributed by atoms with van der Waals surface area (Å²) in [5.41, 5.74) is 2.01. The quantitative estimate of drug-likeness (QED) is 0.692. The van der Waals surface area contributed by atoms with Crippen LogP contribution in [0.5, 0.6) is 0 Å². The van der Waals surface area contributed by atoms with Gasteiger partial charge in [-0.15, -0.1) is 0 Å². The zero-order valence-electron chi connectivity index (χ0n) is 11.1. The predicted molar refractivity (Wildman–Crippen MR) is 71.4 cm³/mol. The molecular weight excluding hydrogens is 208 g/mol. The third kappa shape index (κ3) is 2.43. The van der Waals surface area contributed by atoms with E-state index < -0.39 is 0 Å². The summed E-state index contributed by atoms with van der Waals surface area (Å²) in [5, 5.41) is 0. The summed E-state index contributed by atoms with van der Waals surface area (Å²) in [5.74, 6) is 0.980. The molecule has 1 aromatic carbocycles. The third-order valence-electron chi connectivity index (χ3n) is 4.22. The molecule has 1 saturated carbocycles. The van der Waals surface area contributed by atoms with Crippen LogP contribution in [-0.4, -0.2) is 5.78 Å².